The highest BCUT2D eigenvalue weighted by molar-refractivity contribution is 5.92. The number of carbonyl (C=O) groups is 1. The van der Waals surface area contributed by atoms with E-state index in [9.17, 15) is 9.59 Å². The normalized spacial score (nSPS) is 12.0. The second kappa shape index (κ2) is 8.45. The average molecular weight is 361 g/mol. The standard InChI is InChI=1S/C22H23N3O2/c1-16(2)15-20(17-9-5-3-6-10-17)23-22(27)19-13-14-21(26)25(24-19)18-11-7-4-8-12-18/h3-14,16,20H,15H2,1-2H3,(H,23,27). The Hall–Kier alpha value is -3.21. The molecule has 0 saturated carbocycles. The van der Waals surface area contributed by atoms with Crippen LogP contribution in [0.4, 0.5) is 0 Å². The lowest BCUT2D eigenvalue weighted by molar-refractivity contribution is 0.0925. The second-order valence-electron chi connectivity index (χ2n) is 6.87. The molecule has 0 spiro atoms. The minimum Gasteiger partial charge on any atom is -0.344 e. The van der Waals surface area contributed by atoms with Gasteiger partial charge in [-0.3, -0.25) is 9.59 Å². The predicted octanol–water partition coefficient (Wildman–Crippen LogP) is 3.75. The minimum absolute atomic E-state index is 0.113. The monoisotopic (exact) mass is 361 g/mol. The topological polar surface area (TPSA) is 64.0 Å². The van der Waals surface area contributed by atoms with E-state index in [2.05, 4.69) is 24.3 Å². The Morgan fingerprint density at radius 3 is 2.22 bits per heavy atom. The third-order valence-electron chi connectivity index (χ3n) is 4.25. The summed E-state index contributed by atoms with van der Waals surface area (Å²) in [5, 5.41) is 7.32. The van der Waals surface area contributed by atoms with Crippen molar-refractivity contribution in [3.8, 4) is 5.69 Å². The van der Waals surface area contributed by atoms with E-state index in [1.54, 1.807) is 12.1 Å². The molecular formula is C22H23N3O2. The molecule has 3 aromatic rings. The highest BCUT2D eigenvalue weighted by Gasteiger charge is 2.18. The minimum atomic E-state index is -0.297. The van der Waals surface area contributed by atoms with E-state index in [1.807, 2.05) is 48.5 Å². The maximum atomic E-state index is 12.8. The van der Waals surface area contributed by atoms with Crippen LogP contribution in [0.15, 0.2) is 77.6 Å². The summed E-state index contributed by atoms with van der Waals surface area (Å²) in [7, 11) is 0. The summed E-state index contributed by atoms with van der Waals surface area (Å²) in [4.78, 5) is 25.0. The summed E-state index contributed by atoms with van der Waals surface area (Å²) < 4.78 is 1.24. The van der Waals surface area contributed by atoms with Crippen LogP contribution in [-0.4, -0.2) is 15.7 Å². The van der Waals surface area contributed by atoms with Crippen molar-refractivity contribution >= 4 is 5.91 Å². The van der Waals surface area contributed by atoms with Gasteiger partial charge >= 0.3 is 0 Å². The van der Waals surface area contributed by atoms with E-state index >= 15 is 0 Å². The SMILES string of the molecule is CC(C)CC(NC(=O)c1ccc(=O)n(-c2ccccc2)n1)c1ccccc1. The highest BCUT2D eigenvalue weighted by atomic mass is 16.2. The van der Waals surface area contributed by atoms with E-state index in [-0.39, 0.29) is 23.2 Å². The average Bonchev–Trinajstić information content (AvgIpc) is 2.69. The maximum absolute atomic E-state index is 12.8. The molecule has 1 unspecified atom stereocenters. The van der Waals surface area contributed by atoms with Crippen molar-refractivity contribution in [2.24, 2.45) is 5.92 Å². The van der Waals surface area contributed by atoms with Crippen molar-refractivity contribution in [2.75, 3.05) is 0 Å². The molecule has 5 heteroatoms. The maximum Gasteiger partial charge on any atom is 0.272 e. The first-order valence-electron chi connectivity index (χ1n) is 9.06. The van der Waals surface area contributed by atoms with Crippen LogP contribution < -0.4 is 10.9 Å². The third kappa shape index (κ3) is 4.70. The van der Waals surface area contributed by atoms with Crippen molar-refractivity contribution in [2.45, 2.75) is 26.3 Å². The first kappa shape index (κ1) is 18.6. The van der Waals surface area contributed by atoms with E-state index in [0.717, 1.165) is 12.0 Å². The lowest BCUT2D eigenvalue weighted by atomic mass is 9.97. The van der Waals surface area contributed by atoms with Gasteiger partial charge in [-0.25, -0.2) is 0 Å². The van der Waals surface area contributed by atoms with E-state index in [1.165, 1.54) is 16.8 Å². The zero-order valence-electron chi connectivity index (χ0n) is 15.5. The molecule has 0 aliphatic heterocycles. The van der Waals surface area contributed by atoms with Crippen LogP contribution in [0.25, 0.3) is 5.69 Å². The molecule has 1 heterocycles. The zero-order chi connectivity index (χ0) is 19.2. The lowest BCUT2D eigenvalue weighted by Crippen LogP contribution is -2.32. The van der Waals surface area contributed by atoms with Gasteiger partial charge in [0.25, 0.3) is 11.5 Å². The highest BCUT2D eigenvalue weighted by Crippen LogP contribution is 2.21. The molecule has 138 valence electrons. The summed E-state index contributed by atoms with van der Waals surface area (Å²) >= 11 is 0. The smallest absolute Gasteiger partial charge is 0.272 e. The number of hydrogen-bond acceptors (Lipinski definition) is 3. The van der Waals surface area contributed by atoms with E-state index < -0.39 is 0 Å². The predicted molar refractivity (Wildman–Crippen MR) is 106 cm³/mol. The van der Waals surface area contributed by atoms with Gasteiger partial charge in [0.2, 0.25) is 0 Å². The lowest BCUT2D eigenvalue weighted by Gasteiger charge is -2.21. The molecule has 3 rings (SSSR count). The number of para-hydroxylation sites is 1. The fourth-order valence-corrected chi connectivity index (χ4v) is 2.95. The molecule has 5 nitrogen and oxygen atoms in total. The Morgan fingerprint density at radius 2 is 1.59 bits per heavy atom. The molecular weight excluding hydrogens is 338 g/mol. The van der Waals surface area contributed by atoms with Crippen molar-refractivity contribution in [3.63, 3.8) is 0 Å². The molecule has 2 aromatic carbocycles. The van der Waals surface area contributed by atoms with Crippen molar-refractivity contribution in [1.82, 2.24) is 15.1 Å². The van der Waals surface area contributed by atoms with Crippen LogP contribution in [0, 0.1) is 5.92 Å². The van der Waals surface area contributed by atoms with Gasteiger partial charge in [0.05, 0.1) is 11.7 Å². The summed E-state index contributed by atoms with van der Waals surface area (Å²) in [6.45, 7) is 4.24. The van der Waals surface area contributed by atoms with Crippen LogP contribution in [0.1, 0.15) is 42.4 Å². The molecule has 0 saturated heterocycles. The molecule has 1 amide bonds. The van der Waals surface area contributed by atoms with Crippen molar-refractivity contribution in [3.05, 3.63) is 94.4 Å². The molecule has 1 atom stereocenters. The van der Waals surface area contributed by atoms with Gasteiger partial charge in [-0.2, -0.15) is 9.78 Å². The number of amides is 1. The first-order chi connectivity index (χ1) is 13.0. The van der Waals surface area contributed by atoms with Crippen LogP contribution in [0.2, 0.25) is 0 Å². The van der Waals surface area contributed by atoms with Gasteiger partial charge in [-0.05, 0) is 36.1 Å². The largest absolute Gasteiger partial charge is 0.344 e. The Labute approximate surface area is 158 Å². The Bertz CT molecular complexity index is 950. The number of aromatic nitrogens is 2. The van der Waals surface area contributed by atoms with Crippen LogP contribution >= 0.6 is 0 Å². The summed E-state index contributed by atoms with van der Waals surface area (Å²) in [6, 6.07) is 21.7. The Balaban J connectivity index is 1.87. The second-order valence-corrected chi connectivity index (χ2v) is 6.87. The van der Waals surface area contributed by atoms with Gasteiger partial charge in [-0.1, -0.05) is 62.4 Å². The molecule has 0 aliphatic rings. The van der Waals surface area contributed by atoms with Crippen LogP contribution in [-0.2, 0) is 0 Å². The van der Waals surface area contributed by atoms with Crippen LogP contribution in [0.3, 0.4) is 0 Å². The molecule has 27 heavy (non-hydrogen) atoms. The first-order valence-corrected chi connectivity index (χ1v) is 9.06. The molecule has 1 N–H and O–H groups in total. The van der Waals surface area contributed by atoms with Crippen molar-refractivity contribution < 1.29 is 4.79 Å². The van der Waals surface area contributed by atoms with Gasteiger partial charge in [-0.15, -0.1) is 0 Å². The Morgan fingerprint density at radius 1 is 0.963 bits per heavy atom. The van der Waals surface area contributed by atoms with Gasteiger partial charge in [0.15, 0.2) is 0 Å². The zero-order valence-corrected chi connectivity index (χ0v) is 15.5. The number of hydrogen-bond donors (Lipinski definition) is 1. The summed E-state index contributed by atoms with van der Waals surface area (Å²) in [5.74, 6) is 0.121. The number of rotatable bonds is 6. The number of carbonyl (C=O) groups excluding carboxylic acids is 1. The van der Waals surface area contributed by atoms with Crippen molar-refractivity contribution in [1.29, 1.82) is 0 Å². The fraction of sp³-hybridized carbons (Fsp3) is 0.227. The molecule has 0 fully saturated rings. The van der Waals surface area contributed by atoms with Crippen LogP contribution in [0.5, 0.6) is 0 Å². The number of nitrogens with zero attached hydrogens (tertiary/aromatic N) is 2. The van der Waals surface area contributed by atoms with Gasteiger partial charge < -0.3 is 5.32 Å². The number of benzene rings is 2. The summed E-state index contributed by atoms with van der Waals surface area (Å²) in [5.41, 5.74) is 1.61. The molecule has 0 radical (unpaired) electrons. The Kier molecular flexibility index (Phi) is 5.81. The van der Waals surface area contributed by atoms with E-state index in [4.69, 9.17) is 0 Å². The quantitative estimate of drug-likeness (QED) is 0.727. The molecule has 0 bridgehead atoms. The molecule has 0 aliphatic carbocycles. The van der Waals surface area contributed by atoms with Gasteiger partial charge in [0.1, 0.15) is 5.69 Å². The number of nitrogens with one attached hydrogen (secondary N) is 1. The van der Waals surface area contributed by atoms with E-state index in [0.29, 0.717) is 11.6 Å². The summed E-state index contributed by atoms with van der Waals surface area (Å²) in [6.07, 6.45) is 0.814. The third-order valence-corrected chi connectivity index (χ3v) is 4.25. The fourth-order valence-electron chi connectivity index (χ4n) is 2.95. The molecule has 1 aromatic heterocycles. The van der Waals surface area contributed by atoms with Gasteiger partial charge in [0, 0.05) is 6.07 Å².